The lowest BCUT2D eigenvalue weighted by Gasteiger charge is -2.23. The topological polar surface area (TPSA) is 57.3 Å². The minimum atomic E-state index is -4.44. The number of halogens is 3. The van der Waals surface area contributed by atoms with Crippen molar-refractivity contribution in [3.8, 4) is 11.1 Å². The molecule has 0 spiro atoms. The van der Waals surface area contributed by atoms with Crippen LogP contribution in [0.15, 0.2) is 97.3 Å². The number of nitrogens with zero attached hydrogens (tertiary/aromatic N) is 2. The number of carbonyl (C=O) groups is 1. The van der Waals surface area contributed by atoms with E-state index in [-0.39, 0.29) is 12.2 Å². The summed E-state index contributed by atoms with van der Waals surface area (Å²) >= 11 is 0. The zero-order valence-corrected chi connectivity index (χ0v) is 24.1. The van der Waals surface area contributed by atoms with Crippen molar-refractivity contribution in [2.75, 3.05) is 11.9 Å². The van der Waals surface area contributed by atoms with Crippen LogP contribution in [-0.2, 0) is 25.8 Å². The Labute approximate surface area is 251 Å². The molecule has 2 N–H and O–H groups in total. The average molecular weight is 587 g/mol. The van der Waals surface area contributed by atoms with Crippen LogP contribution in [0.4, 0.5) is 23.7 Å². The van der Waals surface area contributed by atoms with E-state index >= 15 is 0 Å². The smallest absolute Gasteiger partial charge is 0.316 e. The fourth-order valence-electron chi connectivity index (χ4n) is 5.51. The summed E-state index contributed by atoms with van der Waals surface area (Å²) in [5.41, 5.74) is 4.76. The highest BCUT2D eigenvalue weighted by Gasteiger charge is 2.30. The van der Waals surface area contributed by atoms with E-state index in [1.165, 1.54) is 49.8 Å². The van der Waals surface area contributed by atoms with Gasteiger partial charge < -0.3 is 15.5 Å². The standard InChI is InChI=1S/C35H37F3N4O/c36-35(37,38)32-16-18-33(19-17-32)41-34(43)42(25-29-7-4-20-39-23-29)24-28-10-14-31(15-11-28)30-12-8-27(9-13-30)22-40-21-26-5-2-1-3-6-26/h4,7-20,23,26,40H,1-3,5-6,21-22,24-25H2,(H,41,43). The molecule has 0 aliphatic heterocycles. The van der Waals surface area contributed by atoms with Gasteiger partial charge in [-0.1, -0.05) is 73.9 Å². The molecule has 1 heterocycles. The highest BCUT2D eigenvalue weighted by Crippen LogP contribution is 2.30. The minimum absolute atomic E-state index is 0.289. The number of rotatable bonds is 10. The van der Waals surface area contributed by atoms with Gasteiger partial charge in [-0.2, -0.15) is 13.2 Å². The van der Waals surface area contributed by atoms with Gasteiger partial charge >= 0.3 is 12.2 Å². The fourth-order valence-corrected chi connectivity index (χ4v) is 5.51. The maximum Gasteiger partial charge on any atom is 0.416 e. The second kappa shape index (κ2) is 14.3. The number of aromatic nitrogens is 1. The highest BCUT2D eigenvalue weighted by molar-refractivity contribution is 5.89. The minimum Gasteiger partial charge on any atom is -0.316 e. The van der Waals surface area contributed by atoms with Crippen molar-refractivity contribution in [3.63, 3.8) is 0 Å². The molecule has 2 amide bonds. The maximum absolute atomic E-state index is 13.3. The molecule has 3 aromatic carbocycles. The van der Waals surface area contributed by atoms with Crippen molar-refractivity contribution in [1.29, 1.82) is 0 Å². The molecule has 5 nitrogen and oxygen atoms in total. The molecule has 5 rings (SSSR count). The van der Waals surface area contributed by atoms with Gasteiger partial charge in [0.2, 0.25) is 0 Å². The van der Waals surface area contributed by atoms with Crippen LogP contribution in [0.1, 0.15) is 54.4 Å². The normalized spacial score (nSPS) is 13.9. The monoisotopic (exact) mass is 586 g/mol. The first-order valence-electron chi connectivity index (χ1n) is 14.8. The van der Waals surface area contributed by atoms with Crippen molar-refractivity contribution < 1.29 is 18.0 Å². The first kappa shape index (κ1) is 30.3. The lowest BCUT2D eigenvalue weighted by Crippen LogP contribution is -2.34. The molecule has 0 atom stereocenters. The number of benzene rings is 3. The average Bonchev–Trinajstić information content (AvgIpc) is 3.02. The Kier molecular flexibility index (Phi) is 10.1. The number of carbonyl (C=O) groups excluding carboxylic acids is 1. The van der Waals surface area contributed by atoms with Crippen molar-refractivity contribution in [2.24, 2.45) is 5.92 Å². The van der Waals surface area contributed by atoms with E-state index in [1.807, 2.05) is 30.3 Å². The van der Waals surface area contributed by atoms with E-state index in [9.17, 15) is 18.0 Å². The van der Waals surface area contributed by atoms with Crippen LogP contribution in [0.2, 0.25) is 0 Å². The number of amides is 2. The zero-order chi connectivity index (χ0) is 30.1. The SMILES string of the molecule is O=C(Nc1ccc(C(F)(F)F)cc1)N(Cc1ccc(-c2ccc(CNCC3CCCCC3)cc2)cc1)Cc1cccnc1. The van der Waals surface area contributed by atoms with Gasteiger partial charge in [-0.05, 0) is 83.5 Å². The molecule has 0 bridgehead atoms. The highest BCUT2D eigenvalue weighted by atomic mass is 19.4. The van der Waals surface area contributed by atoms with Crippen LogP contribution in [0, 0.1) is 5.92 Å². The van der Waals surface area contributed by atoms with Gasteiger partial charge in [-0.15, -0.1) is 0 Å². The van der Waals surface area contributed by atoms with E-state index in [1.54, 1.807) is 23.4 Å². The van der Waals surface area contributed by atoms with E-state index < -0.39 is 17.8 Å². The predicted molar refractivity (Wildman–Crippen MR) is 164 cm³/mol. The molecule has 1 fully saturated rings. The molecule has 0 radical (unpaired) electrons. The van der Waals surface area contributed by atoms with Crippen LogP contribution in [0.5, 0.6) is 0 Å². The summed E-state index contributed by atoms with van der Waals surface area (Å²) in [5.74, 6) is 0.808. The maximum atomic E-state index is 13.3. The Morgan fingerprint density at radius 3 is 2.02 bits per heavy atom. The lowest BCUT2D eigenvalue weighted by atomic mass is 9.89. The molecule has 8 heteroatoms. The van der Waals surface area contributed by atoms with E-state index in [0.29, 0.717) is 6.54 Å². The summed E-state index contributed by atoms with van der Waals surface area (Å²) in [4.78, 5) is 19.0. The van der Waals surface area contributed by atoms with Crippen molar-refractivity contribution in [1.82, 2.24) is 15.2 Å². The summed E-state index contributed by atoms with van der Waals surface area (Å²) < 4.78 is 38.8. The molecular weight excluding hydrogens is 549 g/mol. The van der Waals surface area contributed by atoms with Gasteiger partial charge in [-0.3, -0.25) is 4.98 Å². The van der Waals surface area contributed by atoms with Crippen molar-refractivity contribution in [3.05, 3.63) is 120 Å². The summed E-state index contributed by atoms with van der Waals surface area (Å²) in [5, 5.41) is 6.35. The zero-order valence-electron chi connectivity index (χ0n) is 24.1. The van der Waals surface area contributed by atoms with Gasteiger partial charge in [0, 0.05) is 37.7 Å². The molecule has 0 unspecified atom stereocenters. The van der Waals surface area contributed by atoms with Gasteiger partial charge in [0.15, 0.2) is 0 Å². The second-order valence-corrected chi connectivity index (χ2v) is 11.3. The van der Waals surface area contributed by atoms with Crippen LogP contribution in [0.3, 0.4) is 0 Å². The van der Waals surface area contributed by atoms with Gasteiger partial charge in [0.1, 0.15) is 0 Å². The third-order valence-electron chi connectivity index (χ3n) is 7.95. The fraction of sp³-hybridized carbons (Fsp3) is 0.314. The van der Waals surface area contributed by atoms with E-state index in [0.717, 1.165) is 53.4 Å². The Balaban J connectivity index is 1.21. The Hall–Kier alpha value is -4.17. The molecular formula is C35H37F3N4O. The van der Waals surface area contributed by atoms with Crippen LogP contribution in [-0.4, -0.2) is 22.5 Å². The van der Waals surface area contributed by atoms with Crippen molar-refractivity contribution in [2.45, 2.75) is 57.9 Å². The number of nitrogens with one attached hydrogen (secondary N) is 2. The first-order valence-corrected chi connectivity index (χ1v) is 14.8. The third-order valence-corrected chi connectivity index (χ3v) is 7.95. The molecule has 1 aliphatic carbocycles. The number of pyridine rings is 1. The van der Waals surface area contributed by atoms with Crippen LogP contribution in [0.25, 0.3) is 11.1 Å². The quantitative estimate of drug-likeness (QED) is 0.196. The summed E-state index contributed by atoms with van der Waals surface area (Å²) in [6, 6.07) is 24.4. The summed E-state index contributed by atoms with van der Waals surface area (Å²) in [6.45, 7) is 2.56. The summed E-state index contributed by atoms with van der Waals surface area (Å²) in [6.07, 6.45) is 5.70. The number of alkyl halides is 3. The first-order chi connectivity index (χ1) is 20.8. The molecule has 43 heavy (non-hydrogen) atoms. The molecule has 1 aliphatic rings. The van der Waals surface area contributed by atoms with Gasteiger partial charge in [-0.25, -0.2) is 4.79 Å². The predicted octanol–water partition coefficient (Wildman–Crippen LogP) is 8.67. The van der Waals surface area contributed by atoms with Crippen LogP contribution >= 0.6 is 0 Å². The number of hydrogen-bond donors (Lipinski definition) is 2. The van der Waals surface area contributed by atoms with Gasteiger partial charge in [0.05, 0.1) is 5.56 Å². The number of urea groups is 1. The Morgan fingerprint density at radius 2 is 1.42 bits per heavy atom. The molecule has 4 aromatic rings. The molecule has 0 saturated heterocycles. The molecule has 1 aromatic heterocycles. The number of hydrogen-bond acceptors (Lipinski definition) is 3. The van der Waals surface area contributed by atoms with Crippen molar-refractivity contribution >= 4 is 11.7 Å². The summed E-state index contributed by atoms with van der Waals surface area (Å²) in [7, 11) is 0. The number of anilines is 1. The van der Waals surface area contributed by atoms with E-state index in [2.05, 4.69) is 39.9 Å². The van der Waals surface area contributed by atoms with Crippen LogP contribution < -0.4 is 10.6 Å². The molecule has 1 saturated carbocycles. The second-order valence-electron chi connectivity index (χ2n) is 11.3. The lowest BCUT2D eigenvalue weighted by molar-refractivity contribution is -0.137. The third kappa shape index (κ3) is 8.91. The molecule has 224 valence electrons. The van der Waals surface area contributed by atoms with Gasteiger partial charge in [0.25, 0.3) is 0 Å². The van der Waals surface area contributed by atoms with E-state index in [4.69, 9.17) is 0 Å². The Morgan fingerprint density at radius 1 is 0.791 bits per heavy atom. The Bertz CT molecular complexity index is 1430. The largest absolute Gasteiger partial charge is 0.416 e.